The van der Waals surface area contributed by atoms with Gasteiger partial charge in [-0.1, -0.05) is 6.07 Å². The Labute approximate surface area is 69.7 Å². The molecule has 1 aromatic carbocycles. The molecule has 3 heteroatoms. The monoisotopic (exact) mass is 163 g/mol. The van der Waals surface area contributed by atoms with Crippen LogP contribution in [-0.4, -0.2) is 16.7 Å². The summed E-state index contributed by atoms with van der Waals surface area (Å²) in [6.07, 6.45) is 2.09. The van der Waals surface area contributed by atoms with E-state index in [2.05, 4.69) is 4.98 Å². The zero-order chi connectivity index (χ0) is 8.39. The van der Waals surface area contributed by atoms with Crippen LogP contribution in [0.4, 0.5) is 0 Å². The number of benzene rings is 1. The van der Waals surface area contributed by atoms with E-state index in [9.17, 15) is 0 Å². The fourth-order valence-corrected chi connectivity index (χ4v) is 1.19. The van der Waals surface area contributed by atoms with Crippen LogP contribution in [0.1, 0.15) is 5.56 Å². The normalized spacial score (nSPS) is 10.8. The summed E-state index contributed by atoms with van der Waals surface area (Å²) in [5.41, 5.74) is 2.72. The second kappa shape index (κ2) is 2.95. The van der Waals surface area contributed by atoms with Gasteiger partial charge in [0.25, 0.3) is 0 Å². The summed E-state index contributed by atoms with van der Waals surface area (Å²) in [5.74, 6) is 0. The molecule has 0 aliphatic rings. The molecule has 1 N–H and O–H groups in total. The molecular weight excluding hydrogens is 154 g/mol. The third-order valence-electron chi connectivity index (χ3n) is 1.80. The highest BCUT2D eigenvalue weighted by atomic mass is 16.3. The van der Waals surface area contributed by atoms with Crippen LogP contribution in [0.5, 0.6) is 0 Å². The van der Waals surface area contributed by atoms with Gasteiger partial charge in [-0.25, -0.2) is 4.98 Å². The summed E-state index contributed by atoms with van der Waals surface area (Å²) in [5, 5.41) is 8.70. The van der Waals surface area contributed by atoms with Crippen LogP contribution in [0, 0.1) is 0 Å². The van der Waals surface area contributed by atoms with Gasteiger partial charge in [-0.3, -0.25) is 0 Å². The van der Waals surface area contributed by atoms with E-state index in [0.717, 1.165) is 16.7 Å². The first-order valence-corrected chi connectivity index (χ1v) is 3.83. The molecule has 62 valence electrons. The van der Waals surface area contributed by atoms with E-state index in [1.807, 2.05) is 18.2 Å². The smallest absolute Gasteiger partial charge is 0.181 e. The average molecular weight is 163 g/mol. The van der Waals surface area contributed by atoms with Crippen molar-refractivity contribution in [2.75, 3.05) is 6.61 Å². The standard InChI is InChI=1S/C9H9NO2/c11-4-3-7-1-2-9-8(5-7)10-6-12-9/h1-2,5-6,11H,3-4H2. The number of fused-ring (bicyclic) bond motifs is 1. The Kier molecular flexibility index (Phi) is 1.80. The minimum absolute atomic E-state index is 0.170. The molecule has 2 rings (SSSR count). The van der Waals surface area contributed by atoms with Crippen molar-refractivity contribution in [1.82, 2.24) is 4.98 Å². The molecule has 0 amide bonds. The van der Waals surface area contributed by atoms with Gasteiger partial charge in [-0.15, -0.1) is 0 Å². The second-order valence-electron chi connectivity index (χ2n) is 2.63. The molecule has 0 bridgehead atoms. The van der Waals surface area contributed by atoms with Crippen molar-refractivity contribution < 1.29 is 9.52 Å². The molecule has 0 aliphatic carbocycles. The summed E-state index contributed by atoms with van der Waals surface area (Å²) in [6, 6.07) is 5.73. The predicted octanol–water partition coefficient (Wildman–Crippen LogP) is 1.36. The number of hydrogen-bond acceptors (Lipinski definition) is 3. The summed E-state index contributed by atoms with van der Waals surface area (Å²) in [4.78, 5) is 4.01. The van der Waals surface area contributed by atoms with Crippen molar-refractivity contribution in [3.63, 3.8) is 0 Å². The largest absolute Gasteiger partial charge is 0.443 e. The maximum absolute atomic E-state index is 8.70. The Balaban J connectivity index is 2.46. The number of nitrogens with zero attached hydrogens (tertiary/aromatic N) is 1. The first-order chi connectivity index (χ1) is 5.90. The number of aliphatic hydroxyl groups is 1. The molecule has 0 radical (unpaired) electrons. The van der Waals surface area contributed by atoms with Gasteiger partial charge in [0.1, 0.15) is 5.52 Å². The highest BCUT2D eigenvalue weighted by Gasteiger charge is 1.98. The summed E-state index contributed by atoms with van der Waals surface area (Å²) in [6.45, 7) is 0.170. The van der Waals surface area contributed by atoms with Crippen LogP contribution in [0.25, 0.3) is 11.1 Å². The Hall–Kier alpha value is -1.35. The Bertz CT molecular complexity index is 381. The molecule has 12 heavy (non-hydrogen) atoms. The molecule has 0 saturated heterocycles. The maximum atomic E-state index is 8.70. The Morgan fingerprint density at radius 1 is 1.42 bits per heavy atom. The van der Waals surface area contributed by atoms with Gasteiger partial charge in [0, 0.05) is 6.61 Å². The van der Waals surface area contributed by atoms with Crippen LogP contribution in [-0.2, 0) is 6.42 Å². The number of hydrogen-bond donors (Lipinski definition) is 1. The molecule has 3 nitrogen and oxygen atoms in total. The van der Waals surface area contributed by atoms with Gasteiger partial charge in [0.05, 0.1) is 0 Å². The van der Waals surface area contributed by atoms with E-state index < -0.39 is 0 Å². The molecular formula is C9H9NO2. The first-order valence-electron chi connectivity index (χ1n) is 3.83. The highest BCUT2D eigenvalue weighted by Crippen LogP contribution is 2.13. The van der Waals surface area contributed by atoms with Gasteiger partial charge in [-0.2, -0.15) is 0 Å². The van der Waals surface area contributed by atoms with Gasteiger partial charge < -0.3 is 9.52 Å². The third-order valence-corrected chi connectivity index (χ3v) is 1.80. The fourth-order valence-electron chi connectivity index (χ4n) is 1.19. The van der Waals surface area contributed by atoms with Crippen molar-refractivity contribution in [3.8, 4) is 0 Å². The van der Waals surface area contributed by atoms with E-state index in [-0.39, 0.29) is 6.61 Å². The van der Waals surface area contributed by atoms with E-state index in [1.54, 1.807) is 0 Å². The quantitative estimate of drug-likeness (QED) is 0.727. The summed E-state index contributed by atoms with van der Waals surface area (Å²) < 4.78 is 5.08. The number of oxazole rings is 1. The van der Waals surface area contributed by atoms with E-state index in [4.69, 9.17) is 9.52 Å². The number of aliphatic hydroxyl groups excluding tert-OH is 1. The van der Waals surface area contributed by atoms with Crippen LogP contribution in [0.3, 0.4) is 0 Å². The number of rotatable bonds is 2. The van der Waals surface area contributed by atoms with Gasteiger partial charge in [0.15, 0.2) is 12.0 Å². The molecule has 0 saturated carbocycles. The lowest BCUT2D eigenvalue weighted by molar-refractivity contribution is 0.299. The molecule has 0 fully saturated rings. The zero-order valence-corrected chi connectivity index (χ0v) is 6.53. The molecule has 0 aliphatic heterocycles. The van der Waals surface area contributed by atoms with Gasteiger partial charge in [-0.05, 0) is 24.1 Å². The zero-order valence-electron chi connectivity index (χ0n) is 6.53. The third kappa shape index (κ3) is 1.19. The average Bonchev–Trinajstić information content (AvgIpc) is 2.51. The molecule has 0 atom stereocenters. The lowest BCUT2D eigenvalue weighted by atomic mass is 10.1. The van der Waals surface area contributed by atoms with Crippen molar-refractivity contribution in [2.45, 2.75) is 6.42 Å². The maximum Gasteiger partial charge on any atom is 0.181 e. The van der Waals surface area contributed by atoms with Crippen molar-refractivity contribution >= 4 is 11.1 Å². The molecule has 1 heterocycles. The minimum atomic E-state index is 0.170. The summed E-state index contributed by atoms with van der Waals surface area (Å²) >= 11 is 0. The lowest BCUT2D eigenvalue weighted by Gasteiger charge is -1.95. The molecule has 0 spiro atoms. The van der Waals surface area contributed by atoms with Crippen molar-refractivity contribution in [2.24, 2.45) is 0 Å². The van der Waals surface area contributed by atoms with Crippen molar-refractivity contribution in [1.29, 1.82) is 0 Å². The number of aromatic nitrogens is 1. The highest BCUT2D eigenvalue weighted by molar-refractivity contribution is 5.72. The molecule has 2 aromatic rings. The van der Waals surface area contributed by atoms with Crippen LogP contribution in [0.15, 0.2) is 29.0 Å². The van der Waals surface area contributed by atoms with Crippen molar-refractivity contribution in [3.05, 3.63) is 30.2 Å². The Morgan fingerprint density at radius 2 is 2.33 bits per heavy atom. The molecule has 0 unspecified atom stereocenters. The SMILES string of the molecule is OCCc1ccc2ocnc2c1. The van der Waals surface area contributed by atoms with Gasteiger partial charge in [0.2, 0.25) is 0 Å². The first kappa shape index (κ1) is 7.31. The minimum Gasteiger partial charge on any atom is -0.443 e. The summed E-state index contributed by atoms with van der Waals surface area (Å²) in [7, 11) is 0. The van der Waals surface area contributed by atoms with Crippen LogP contribution in [0.2, 0.25) is 0 Å². The van der Waals surface area contributed by atoms with E-state index in [1.165, 1.54) is 6.39 Å². The van der Waals surface area contributed by atoms with Gasteiger partial charge >= 0.3 is 0 Å². The lowest BCUT2D eigenvalue weighted by Crippen LogP contribution is -1.89. The molecule has 1 aromatic heterocycles. The predicted molar refractivity (Wildman–Crippen MR) is 44.8 cm³/mol. The second-order valence-corrected chi connectivity index (χ2v) is 2.63. The van der Waals surface area contributed by atoms with Crippen LogP contribution >= 0.6 is 0 Å². The van der Waals surface area contributed by atoms with Crippen LogP contribution < -0.4 is 0 Å². The van der Waals surface area contributed by atoms with E-state index in [0.29, 0.717) is 6.42 Å². The van der Waals surface area contributed by atoms with E-state index >= 15 is 0 Å². The Morgan fingerprint density at radius 3 is 3.17 bits per heavy atom. The fraction of sp³-hybridized carbons (Fsp3) is 0.222. The topological polar surface area (TPSA) is 46.3 Å².